The molecule has 0 radical (unpaired) electrons. The van der Waals surface area contributed by atoms with E-state index in [-0.39, 0.29) is 30.4 Å². The number of hydrogen-bond acceptors (Lipinski definition) is 6. The number of carbonyl (C=O) groups is 3. The maximum atomic E-state index is 12.4. The van der Waals surface area contributed by atoms with Gasteiger partial charge in [-0.2, -0.15) is 0 Å². The first kappa shape index (κ1) is 21.7. The normalized spacial score (nSPS) is 15.1. The summed E-state index contributed by atoms with van der Waals surface area (Å²) in [5, 5.41) is 0. The number of nitrogens with zero attached hydrogens (tertiary/aromatic N) is 1. The predicted molar refractivity (Wildman–Crippen MR) is 103 cm³/mol. The average molecular weight is 391 g/mol. The van der Waals surface area contributed by atoms with Crippen LogP contribution in [-0.4, -0.2) is 48.5 Å². The monoisotopic (exact) mass is 391 g/mol. The molecule has 7 heteroatoms. The lowest BCUT2D eigenvalue weighted by atomic mass is 9.97. The number of benzene rings is 1. The summed E-state index contributed by atoms with van der Waals surface area (Å²) in [6, 6.07) is 5.05. The van der Waals surface area contributed by atoms with E-state index >= 15 is 0 Å². The number of piperidine rings is 1. The Kier molecular flexibility index (Phi) is 7.05. The first-order valence-electron chi connectivity index (χ1n) is 9.43. The van der Waals surface area contributed by atoms with Gasteiger partial charge in [-0.25, -0.2) is 4.79 Å². The van der Waals surface area contributed by atoms with Crippen LogP contribution in [0.1, 0.15) is 56.5 Å². The second kappa shape index (κ2) is 9.08. The number of carbonyl (C=O) groups excluding carboxylic acids is 3. The van der Waals surface area contributed by atoms with E-state index in [2.05, 4.69) is 0 Å². The summed E-state index contributed by atoms with van der Waals surface area (Å²) in [5.41, 5.74) is 0.646. The molecule has 0 bridgehead atoms. The molecule has 0 atom stereocenters. The van der Waals surface area contributed by atoms with E-state index in [1.807, 2.05) is 20.8 Å². The van der Waals surface area contributed by atoms with E-state index in [4.69, 9.17) is 14.2 Å². The summed E-state index contributed by atoms with van der Waals surface area (Å²) in [4.78, 5) is 37.7. The third-order valence-electron chi connectivity index (χ3n) is 4.54. The third-order valence-corrected chi connectivity index (χ3v) is 4.54. The first-order valence-corrected chi connectivity index (χ1v) is 9.43. The van der Waals surface area contributed by atoms with Crippen molar-refractivity contribution in [1.82, 2.24) is 4.90 Å². The van der Waals surface area contributed by atoms with Crippen LogP contribution in [0.15, 0.2) is 18.2 Å². The number of esters is 1. The molecule has 1 aliphatic rings. The van der Waals surface area contributed by atoms with Crippen LogP contribution < -0.4 is 4.74 Å². The zero-order valence-corrected chi connectivity index (χ0v) is 17.2. The molecule has 0 saturated carbocycles. The lowest BCUT2D eigenvalue weighted by Gasteiger charge is -2.32. The van der Waals surface area contributed by atoms with Crippen LogP contribution in [0.2, 0.25) is 0 Å². The van der Waals surface area contributed by atoms with E-state index in [9.17, 15) is 14.4 Å². The minimum absolute atomic E-state index is 0.0371. The molecular weight excluding hydrogens is 362 g/mol. The number of ketones is 1. The summed E-state index contributed by atoms with van der Waals surface area (Å²) < 4.78 is 16.1. The van der Waals surface area contributed by atoms with E-state index in [0.717, 1.165) is 0 Å². The molecule has 0 spiro atoms. The fraction of sp³-hybridized carbons (Fsp3) is 0.571. The van der Waals surface area contributed by atoms with Gasteiger partial charge in [-0.3, -0.25) is 9.59 Å². The molecule has 1 aliphatic heterocycles. The van der Waals surface area contributed by atoms with Crippen molar-refractivity contribution in [3.63, 3.8) is 0 Å². The summed E-state index contributed by atoms with van der Waals surface area (Å²) in [6.07, 6.45) is 0.705. The van der Waals surface area contributed by atoms with E-state index in [1.54, 1.807) is 23.1 Å². The van der Waals surface area contributed by atoms with Gasteiger partial charge in [-0.1, -0.05) is 0 Å². The first-order chi connectivity index (χ1) is 13.1. The molecule has 0 aromatic heterocycles. The molecule has 1 aromatic rings. The maximum Gasteiger partial charge on any atom is 0.410 e. The summed E-state index contributed by atoms with van der Waals surface area (Å²) in [6.45, 7) is 7.90. The van der Waals surface area contributed by atoms with Gasteiger partial charge in [-0.15, -0.1) is 0 Å². The van der Waals surface area contributed by atoms with Crippen molar-refractivity contribution in [1.29, 1.82) is 0 Å². The summed E-state index contributed by atoms with van der Waals surface area (Å²) in [7, 11) is 1.53. The average Bonchev–Trinajstić information content (AvgIpc) is 2.64. The lowest BCUT2D eigenvalue weighted by Crippen LogP contribution is -2.43. The van der Waals surface area contributed by atoms with Gasteiger partial charge < -0.3 is 19.1 Å². The van der Waals surface area contributed by atoms with Crippen LogP contribution in [0, 0.1) is 5.92 Å². The molecule has 154 valence electrons. The minimum atomic E-state index is -0.541. The van der Waals surface area contributed by atoms with Crippen molar-refractivity contribution in [2.75, 3.05) is 20.2 Å². The van der Waals surface area contributed by atoms with Crippen molar-refractivity contribution < 1.29 is 28.6 Å². The van der Waals surface area contributed by atoms with Crippen LogP contribution >= 0.6 is 0 Å². The smallest absolute Gasteiger partial charge is 0.410 e. The Bertz CT molecular complexity index is 729. The van der Waals surface area contributed by atoms with E-state index in [1.165, 1.54) is 14.0 Å². The Hall–Kier alpha value is -2.57. The van der Waals surface area contributed by atoms with Gasteiger partial charge >= 0.3 is 12.1 Å². The SMILES string of the molecule is COc1ccc(C(C)=O)cc1COC(=O)C1CCN(C(=O)OC(C)(C)C)CC1. The van der Waals surface area contributed by atoms with Crippen molar-refractivity contribution in [3.8, 4) is 5.75 Å². The van der Waals surface area contributed by atoms with Crippen LogP contribution in [0.3, 0.4) is 0 Å². The Balaban J connectivity index is 1.89. The summed E-state index contributed by atoms with van der Waals surface area (Å²) >= 11 is 0. The highest BCUT2D eigenvalue weighted by molar-refractivity contribution is 5.94. The Morgan fingerprint density at radius 2 is 1.79 bits per heavy atom. The van der Waals surface area contributed by atoms with Crippen molar-refractivity contribution in [2.24, 2.45) is 5.92 Å². The number of ether oxygens (including phenoxy) is 3. The van der Waals surface area contributed by atoms with Gasteiger partial charge in [0.15, 0.2) is 5.78 Å². The van der Waals surface area contributed by atoms with E-state index in [0.29, 0.717) is 42.8 Å². The minimum Gasteiger partial charge on any atom is -0.496 e. The second-order valence-electron chi connectivity index (χ2n) is 7.93. The number of methoxy groups -OCH3 is 1. The summed E-state index contributed by atoms with van der Waals surface area (Å²) in [5.74, 6) is -0.0675. The molecule has 2 rings (SSSR count). The van der Waals surface area contributed by atoms with Crippen LogP contribution in [-0.2, 0) is 20.9 Å². The Morgan fingerprint density at radius 1 is 1.14 bits per heavy atom. The molecule has 7 nitrogen and oxygen atoms in total. The van der Waals surface area contributed by atoms with Gasteiger partial charge in [-0.05, 0) is 58.7 Å². The standard InChI is InChI=1S/C21H29NO6/c1-14(23)16-6-7-18(26-5)17(12-16)13-27-19(24)15-8-10-22(11-9-15)20(25)28-21(2,3)4/h6-7,12,15H,8-11,13H2,1-5H3. The Morgan fingerprint density at radius 3 is 2.32 bits per heavy atom. The van der Waals surface area contributed by atoms with Crippen molar-refractivity contribution in [2.45, 2.75) is 52.7 Å². The molecule has 1 amide bonds. The molecule has 1 aromatic carbocycles. The van der Waals surface area contributed by atoms with Crippen molar-refractivity contribution in [3.05, 3.63) is 29.3 Å². The molecule has 0 aliphatic carbocycles. The largest absolute Gasteiger partial charge is 0.496 e. The number of amides is 1. The topological polar surface area (TPSA) is 82.1 Å². The molecule has 28 heavy (non-hydrogen) atoms. The highest BCUT2D eigenvalue weighted by atomic mass is 16.6. The zero-order chi connectivity index (χ0) is 20.9. The van der Waals surface area contributed by atoms with Crippen molar-refractivity contribution >= 4 is 17.8 Å². The number of Topliss-reactive ketones (excluding diaryl/α,β-unsaturated/α-hetero) is 1. The number of likely N-dealkylation sites (tertiary alicyclic amines) is 1. The van der Waals surface area contributed by atoms with Gasteiger partial charge in [0.2, 0.25) is 0 Å². The molecular formula is C21H29NO6. The number of hydrogen-bond donors (Lipinski definition) is 0. The van der Waals surface area contributed by atoms with E-state index < -0.39 is 5.60 Å². The van der Waals surface area contributed by atoms with Gasteiger partial charge in [0, 0.05) is 24.2 Å². The molecule has 0 unspecified atom stereocenters. The molecule has 0 N–H and O–H groups in total. The lowest BCUT2D eigenvalue weighted by molar-refractivity contribution is -0.151. The highest BCUT2D eigenvalue weighted by Gasteiger charge is 2.30. The van der Waals surface area contributed by atoms with Gasteiger partial charge in [0.25, 0.3) is 0 Å². The quantitative estimate of drug-likeness (QED) is 0.564. The predicted octanol–water partition coefficient (Wildman–Crippen LogP) is 3.59. The zero-order valence-electron chi connectivity index (χ0n) is 17.2. The molecule has 1 fully saturated rings. The highest BCUT2D eigenvalue weighted by Crippen LogP contribution is 2.24. The van der Waals surface area contributed by atoms with Crippen LogP contribution in [0.5, 0.6) is 5.75 Å². The van der Waals surface area contributed by atoms with Crippen LogP contribution in [0.4, 0.5) is 4.79 Å². The molecule has 1 saturated heterocycles. The Labute approximate surface area is 165 Å². The van der Waals surface area contributed by atoms with Gasteiger partial charge in [0.05, 0.1) is 13.0 Å². The fourth-order valence-corrected chi connectivity index (χ4v) is 3.00. The molecule has 1 heterocycles. The third kappa shape index (κ3) is 5.97. The second-order valence-corrected chi connectivity index (χ2v) is 7.93. The number of rotatable bonds is 5. The fourth-order valence-electron chi connectivity index (χ4n) is 3.00. The maximum absolute atomic E-state index is 12.4. The van der Waals surface area contributed by atoms with Gasteiger partial charge in [0.1, 0.15) is 18.0 Å². The van der Waals surface area contributed by atoms with Crippen LogP contribution in [0.25, 0.3) is 0 Å².